The minimum atomic E-state index is -1.02. The Bertz CT molecular complexity index is 1450. The number of ether oxygens (including phenoxy) is 2. The second-order valence-electron chi connectivity index (χ2n) is 12.3. The van der Waals surface area contributed by atoms with Gasteiger partial charge in [0.15, 0.2) is 17.2 Å². The molecule has 3 atom stereocenters. The third-order valence-electron chi connectivity index (χ3n) is 7.61. The first-order valence-electron chi connectivity index (χ1n) is 16.7. The highest BCUT2D eigenvalue weighted by molar-refractivity contribution is 7.07. The fourth-order valence-electron chi connectivity index (χ4n) is 4.86. The summed E-state index contributed by atoms with van der Waals surface area (Å²) in [4.78, 5) is 57.9. The number of nitrogens with one attached hydrogen (secondary N) is 3. The molecular formula is C35H50N6O7S. The first kappa shape index (κ1) is 39.5. The minimum Gasteiger partial charge on any atom is -0.379 e. The fourth-order valence-corrected chi connectivity index (χ4v) is 5.43. The van der Waals surface area contributed by atoms with E-state index in [1.54, 1.807) is 23.9 Å². The van der Waals surface area contributed by atoms with Gasteiger partial charge in [0.05, 0.1) is 50.2 Å². The summed E-state index contributed by atoms with van der Waals surface area (Å²) in [5.41, 5.74) is 2.74. The van der Waals surface area contributed by atoms with Gasteiger partial charge in [0.1, 0.15) is 11.6 Å². The molecule has 1 aromatic carbocycles. The number of carbonyl (C=O) groups excluding carboxylic acids is 4. The van der Waals surface area contributed by atoms with Gasteiger partial charge in [0.25, 0.3) is 5.91 Å². The van der Waals surface area contributed by atoms with Crippen LogP contribution in [0.5, 0.6) is 0 Å². The van der Waals surface area contributed by atoms with E-state index in [-0.39, 0.29) is 30.4 Å². The van der Waals surface area contributed by atoms with Crippen molar-refractivity contribution in [2.45, 2.75) is 78.6 Å². The summed E-state index contributed by atoms with van der Waals surface area (Å²) in [5.74, 6) is -1.17. The number of aromatic nitrogens is 2. The molecule has 3 aromatic rings. The Morgan fingerprint density at radius 2 is 1.73 bits per heavy atom. The van der Waals surface area contributed by atoms with E-state index >= 15 is 0 Å². The third kappa shape index (κ3) is 13.4. The van der Waals surface area contributed by atoms with Crippen molar-refractivity contribution in [3.8, 4) is 0 Å². The summed E-state index contributed by atoms with van der Waals surface area (Å²) in [6, 6.07) is 10.1. The van der Waals surface area contributed by atoms with Crippen LogP contribution in [0.1, 0.15) is 68.5 Å². The number of thiazole rings is 1. The van der Waals surface area contributed by atoms with Gasteiger partial charge in [-0.15, -0.1) is 11.3 Å². The van der Waals surface area contributed by atoms with Gasteiger partial charge in [0.2, 0.25) is 11.8 Å². The van der Waals surface area contributed by atoms with Crippen LogP contribution in [0.2, 0.25) is 0 Å². The second kappa shape index (κ2) is 19.9. The van der Waals surface area contributed by atoms with Crippen LogP contribution in [-0.4, -0.2) is 95.7 Å². The van der Waals surface area contributed by atoms with E-state index < -0.39 is 35.4 Å². The summed E-state index contributed by atoms with van der Waals surface area (Å²) in [5, 5.41) is 13.6. The molecule has 2 aromatic heterocycles. The van der Waals surface area contributed by atoms with E-state index in [1.165, 1.54) is 16.9 Å². The van der Waals surface area contributed by atoms with E-state index in [2.05, 4.69) is 50.0 Å². The number of benzene rings is 1. The lowest BCUT2D eigenvalue weighted by molar-refractivity contribution is -0.131. The highest BCUT2D eigenvalue weighted by Crippen LogP contribution is 2.29. The highest BCUT2D eigenvalue weighted by atomic mass is 32.1. The lowest BCUT2D eigenvalue weighted by Crippen LogP contribution is -2.52. The molecule has 4 heterocycles. The molecule has 2 fully saturated rings. The number of nitrogens with zero attached hydrogens (tertiary/aromatic N) is 3. The number of ketones is 1. The molecule has 13 nitrogen and oxygen atoms in total. The Hall–Kier alpha value is -3.98. The maximum absolute atomic E-state index is 13.1. The average Bonchev–Trinajstić information content (AvgIpc) is 3.42. The van der Waals surface area contributed by atoms with Gasteiger partial charge in [-0.1, -0.05) is 68.7 Å². The van der Waals surface area contributed by atoms with Gasteiger partial charge >= 0.3 is 0 Å². The van der Waals surface area contributed by atoms with Crippen LogP contribution in [0, 0.1) is 12.8 Å². The van der Waals surface area contributed by atoms with Crippen LogP contribution in [0.3, 0.4) is 0 Å². The average molecular weight is 699 g/mol. The Morgan fingerprint density at radius 3 is 2.31 bits per heavy atom. The molecule has 2 aliphatic heterocycles. The molecular weight excluding hydrogens is 648 g/mol. The van der Waals surface area contributed by atoms with Crippen molar-refractivity contribution >= 4 is 34.8 Å². The van der Waals surface area contributed by atoms with Crippen molar-refractivity contribution in [2.75, 3.05) is 39.5 Å². The van der Waals surface area contributed by atoms with Crippen LogP contribution in [-0.2, 0) is 36.8 Å². The predicted molar refractivity (Wildman–Crippen MR) is 186 cm³/mol. The van der Waals surface area contributed by atoms with Gasteiger partial charge in [0, 0.05) is 31.0 Å². The zero-order valence-corrected chi connectivity index (χ0v) is 30.1. The first-order valence-corrected chi connectivity index (χ1v) is 17.7. The maximum atomic E-state index is 13.1. The third-order valence-corrected chi connectivity index (χ3v) is 8.25. The van der Waals surface area contributed by atoms with Crippen LogP contribution < -0.4 is 16.0 Å². The van der Waals surface area contributed by atoms with Crippen molar-refractivity contribution in [3.05, 3.63) is 70.0 Å². The van der Waals surface area contributed by atoms with Crippen molar-refractivity contribution < 1.29 is 33.2 Å². The standard InChI is InChI=1S/C26H36N6O7S.C7H8.C2H6/c1-16(2)8-19(23(34)26(3)14-38-26)29-22(33)11-27-24(35)20(9-17-13-40-15-28-17)30-25(36)21-10-18(39-31-21)12-32-4-6-37-7-5-32;1-7-5-3-2-4-6-7;1-2/h10,13,15-16,19-20H,4-9,11-12,14H2,1-3H3,(H,27,35)(H,29,33)(H,30,36);2-6H,1H3;1-2H3/t19-,20-,26+;;/m0../s1. The summed E-state index contributed by atoms with van der Waals surface area (Å²) in [6.45, 7) is 14.9. The Balaban J connectivity index is 0.000000633. The molecule has 0 unspecified atom stereocenters. The molecule has 2 saturated heterocycles. The van der Waals surface area contributed by atoms with E-state index in [9.17, 15) is 19.2 Å². The van der Waals surface area contributed by atoms with Crippen LogP contribution in [0.15, 0.2) is 51.8 Å². The normalized spacial score (nSPS) is 18.1. The Labute approximate surface area is 292 Å². The van der Waals surface area contributed by atoms with Crippen molar-refractivity contribution in [3.63, 3.8) is 0 Å². The zero-order valence-electron chi connectivity index (χ0n) is 29.3. The van der Waals surface area contributed by atoms with E-state index in [0.29, 0.717) is 44.2 Å². The SMILES string of the molecule is CC.CC(C)C[C@H](NC(=O)CNC(=O)[C@H](Cc1cscn1)NC(=O)c1cc(CN2CCOCC2)on1)C(=O)[C@@]1(C)CO1.Cc1ccccc1. The lowest BCUT2D eigenvalue weighted by atomic mass is 9.93. The van der Waals surface area contributed by atoms with Gasteiger partial charge in [-0.05, 0) is 26.2 Å². The number of Topliss-reactive ketones (excluding diaryl/α,β-unsaturated/α-hetero) is 1. The van der Waals surface area contributed by atoms with E-state index in [4.69, 9.17) is 14.0 Å². The van der Waals surface area contributed by atoms with Crippen molar-refractivity contribution in [1.82, 2.24) is 31.0 Å². The molecule has 3 amide bonds. The van der Waals surface area contributed by atoms with Crippen molar-refractivity contribution in [1.29, 1.82) is 0 Å². The van der Waals surface area contributed by atoms with Gasteiger partial charge in [-0.25, -0.2) is 4.98 Å². The molecule has 0 aliphatic carbocycles. The van der Waals surface area contributed by atoms with Crippen LogP contribution in [0.4, 0.5) is 0 Å². The molecule has 14 heteroatoms. The monoisotopic (exact) mass is 698 g/mol. The Morgan fingerprint density at radius 1 is 1.04 bits per heavy atom. The smallest absolute Gasteiger partial charge is 0.274 e. The molecule has 268 valence electrons. The fraction of sp³-hybridized carbons (Fsp3) is 0.543. The maximum Gasteiger partial charge on any atom is 0.274 e. The number of hydrogen-bond acceptors (Lipinski definition) is 11. The molecule has 0 bridgehead atoms. The molecule has 3 N–H and O–H groups in total. The number of carbonyl (C=O) groups is 4. The number of rotatable bonds is 14. The number of aryl methyl sites for hydroxylation is 1. The molecule has 0 radical (unpaired) electrons. The van der Waals surface area contributed by atoms with Gasteiger partial charge in [-0.2, -0.15) is 0 Å². The number of morpholine rings is 1. The Kier molecular flexibility index (Phi) is 16.0. The highest BCUT2D eigenvalue weighted by Gasteiger charge is 2.50. The van der Waals surface area contributed by atoms with Crippen LogP contribution in [0.25, 0.3) is 0 Å². The van der Waals surface area contributed by atoms with Gasteiger partial charge < -0.3 is 29.9 Å². The molecule has 0 saturated carbocycles. The van der Waals surface area contributed by atoms with E-state index in [1.807, 2.05) is 45.9 Å². The molecule has 0 spiro atoms. The quantitative estimate of drug-likeness (QED) is 0.213. The summed E-state index contributed by atoms with van der Waals surface area (Å²) in [6.07, 6.45) is 0.566. The largest absolute Gasteiger partial charge is 0.379 e. The van der Waals surface area contributed by atoms with Gasteiger partial charge in [-0.3, -0.25) is 24.1 Å². The topological polar surface area (TPSA) is 168 Å². The molecule has 5 rings (SSSR count). The summed E-state index contributed by atoms with van der Waals surface area (Å²) < 4.78 is 15.9. The molecule has 2 aliphatic rings. The number of hydrogen-bond donors (Lipinski definition) is 3. The lowest BCUT2D eigenvalue weighted by Gasteiger charge is -2.25. The predicted octanol–water partition coefficient (Wildman–Crippen LogP) is 3.33. The summed E-state index contributed by atoms with van der Waals surface area (Å²) in [7, 11) is 0. The summed E-state index contributed by atoms with van der Waals surface area (Å²) >= 11 is 1.37. The number of amides is 3. The zero-order chi connectivity index (χ0) is 35.8. The second-order valence-corrected chi connectivity index (χ2v) is 13.0. The number of epoxide rings is 1. The van der Waals surface area contributed by atoms with Crippen LogP contribution >= 0.6 is 11.3 Å². The van der Waals surface area contributed by atoms with E-state index in [0.717, 1.165) is 13.1 Å². The van der Waals surface area contributed by atoms with Crippen molar-refractivity contribution in [2.24, 2.45) is 5.92 Å². The molecule has 49 heavy (non-hydrogen) atoms. The first-order chi connectivity index (χ1) is 23.5. The minimum absolute atomic E-state index is 0.0444.